The van der Waals surface area contributed by atoms with Gasteiger partial charge in [-0.05, 0) is 12.3 Å². The average Bonchev–Trinajstić information content (AvgIpc) is 2.10. The third kappa shape index (κ3) is 6.58. The lowest BCUT2D eigenvalue weighted by atomic mass is 10.1. The van der Waals surface area contributed by atoms with Crippen LogP contribution in [0.15, 0.2) is 0 Å². The fourth-order valence-corrected chi connectivity index (χ4v) is 0.956. The van der Waals surface area contributed by atoms with Crippen LogP contribution in [-0.2, 0) is 9.53 Å². The number of hydrogen-bond donors (Lipinski definition) is 0. The maximum absolute atomic E-state index is 11.4. The van der Waals surface area contributed by atoms with Crippen LogP contribution >= 0.6 is 0 Å². The van der Waals surface area contributed by atoms with E-state index in [2.05, 4.69) is 13.8 Å². The van der Waals surface area contributed by atoms with Gasteiger partial charge >= 0.3 is 0 Å². The van der Waals surface area contributed by atoms with Crippen molar-refractivity contribution in [1.29, 1.82) is 0 Å². The first-order valence-corrected chi connectivity index (χ1v) is 4.80. The molecule has 13 heavy (non-hydrogen) atoms. The molecular weight excluding hydrogens is 166 g/mol. The summed E-state index contributed by atoms with van der Waals surface area (Å²) in [7, 11) is 3.47. The van der Waals surface area contributed by atoms with Crippen molar-refractivity contribution in [2.45, 2.75) is 26.7 Å². The van der Waals surface area contributed by atoms with Gasteiger partial charge in [-0.1, -0.05) is 13.8 Å². The van der Waals surface area contributed by atoms with Gasteiger partial charge in [0.15, 0.2) is 0 Å². The minimum atomic E-state index is 0.214. The fraction of sp³-hybridized carbons (Fsp3) is 0.900. The molecule has 0 aromatic heterocycles. The van der Waals surface area contributed by atoms with Gasteiger partial charge in [0.1, 0.15) is 0 Å². The monoisotopic (exact) mass is 187 g/mol. The summed E-state index contributed by atoms with van der Waals surface area (Å²) in [6.07, 6.45) is 1.62. The smallest absolute Gasteiger partial charge is 0.222 e. The summed E-state index contributed by atoms with van der Waals surface area (Å²) in [5, 5.41) is 0. The average molecular weight is 187 g/mol. The van der Waals surface area contributed by atoms with Crippen molar-refractivity contribution >= 4 is 5.91 Å². The minimum absolute atomic E-state index is 0.214. The first-order valence-electron chi connectivity index (χ1n) is 4.80. The highest BCUT2D eigenvalue weighted by Crippen LogP contribution is 2.05. The van der Waals surface area contributed by atoms with E-state index in [0.717, 1.165) is 6.42 Å². The number of carbonyl (C=O) groups excluding carboxylic acids is 1. The highest BCUT2D eigenvalue weighted by molar-refractivity contribution is 5.75. The van der Waals surface area contributed by atoms with E-state index in [9.17, 15) is 4.79 Å². The van der Waals surface area contributed by atoms with Crippen LogP contribution in [0.3, 0.4) is 0 Å². The second-order valence-corrected chi connectivity index (χ2v) is 3.74. The Kier molecular flexibility index (Phi) is 6.59. The van der Waals surface area contributed by atoms with E-state index in [0.29, 0.717) is 25.5 Å². The topological polar surface area (TPSA) is 29.5 Å². The Morgan fingerprint density at radius 3 is 2.54 bits per heavy atom. The number of nitrogens with zero attached hydrogens (tertiary/aromatic N) is 1. The van der Waals surface area contributed by atoms with E-state index in [4.69, 9.17) is 4.74 Å². The number of likely N-dealkylation sites (N-methyl/N-ethyl adjacent to an activating group) is 1. The van der Waals surface area contributed by atoms with Gasteiger partial charge < -0.3 is 9.64 Å². The Bertz CT molecular complexity index is 146. The zero-order valence-electron chi connectivity index (χ0n) is 9.17. The molecule has 0 bridgehead atoms. The molecule has 0 atom stereocenters. The maximum atomic E-state index is 11.4. The van der Waals surface area contributed by atoms with Crippen molar-refractivity contribution in [3.05, 3.63) is 0 Å². The van der Waals surface area contributed by atoms with Crippen LogP contribution in [0, 0.1) is 5.92 Å². The lowest BCUT2D eigenvalue weighted by Gasteiger charge is -2.16. The molecule has 0 aliphatic carbocycles. The van der Waals surface area contributed by atoms with Gasteiger partial charge in [0, 0.05) is 27.1 Å². The van der Waals surface area contributed by atoms with Crippen LogP contribution in [0.2, 0.25) is 0 Å². The summed E-state index contributed by atoms with van der Waals surface area (Å²) in [6.45, 7) is 5.56. The van der Waals surface area contributed by atoms with Gasteiger partial charge in [-0.25, -0.2) is 0 Å². The molecule has 0 spiro atoms. The largest absolute Gasteiger partial charge is 0.383 e. The summed E-state index contributed by atoms with van der Waals surface area (Å²) >= 11 is 0. The molecule has 0 aromatic carbocycles. The van der Waals surface area contributed by atoms with E-state index >= 15 is 0 Å². The Morgan fingerprint density at radius 2 is 2.08 bits per heavy atom. The van der Waals surface area contributed by atoms with E-state index in [1.807, 2.05) is 7.05 Å². The summed E-state index contributed by atoms with van der Waals surface area (Å²) in [5.41, 5.74) is 0. The van der Waals surface area contributed by atoms with Crippen LogP contribution in [0.1, 0.15) is 26.7 Å². The van der Waals surface area contributed by atoms with Crippen LogP contribution < -0.4 is 0 Å². The minimum Gasteiger partial charge on any atom is -0.383 e. The molecule has 0 saturated carbocycles. The molecular formula is C10H21NO2. The summed E-state index contributed by atoms with van der Waals surface area (Å²) in [6, 6.07) is 0. The van der Waals surface area contributed by atoms with Gasteiger partial charge in [-0.3, -0.25) is 4.79 Å². The molecule has 0 fully saturated rings. The number of rotatable bonds is 6. The van der Waals surface area contributed by atoms with Crippen molar-refractivity contribution < 1.29 is 9.53 Å². The molecule has 0 heterocycles. The summed E-state index contributed by atoms with van der Waals surface area (Å²) in [4.78, 5) is 13.2. The van der Waals surface area contributed by atoms with Crippen molar-refractivity contribution in [3.8, 4) is 0 Å². The predicted molar refractivity (Wildman–Crippen MR) is 53.6 cm³/mol. The third-order valence-corrected chi connectivity index (χ3v) is 1.99. The van der Waals surface area contributed by atoms with Gasteiger partial charge in [-0.2, -0.15) is 0 Å². The molecule has 3 nitrogen and oxygen atoms in total. The molecule has 0 radical (unpaired) electrons. The van der Waals surface area contributed by atoms with Crippen molar-refractivity contribution in [2.24, 2.45) is 5.92 Å². The number of ether oxygens (including phenoxy) is 1. The molecule has 0 rings (SSSR count). The van der Waals surface area contributed by atoms with Crippen LogP contribution in [-0.4, -0.2) is 38.1 Å². The second-order valence-electron chi connectivity index (χ2n) is 3.74. The van der Waals surface area contributed by atoms with Gasteiger partial charge in [0.25, 0.3) is 0 Å². The Labute approximate surface area is 81.1 Å². The number of hydrogen-bond acceptors (Lipinski definition) is 2. The zero-order chi connectivity index (χ0) is 10.3. The second kappa shape index (κ2) is 6.89. The molecule has 0 aliphatic rings. The highest BCUT2D eigenvalue weighted by Gasteiger charge is 2.08. The lowest BCUT2D eigenvalue weighted by Crippen LogP contribution is -2.29. The van der Waals surface area contributed by atoms with E-state index < -0.39 is 0 Å². The first kappa shape index (κ1) is 12.4. The molecule has 1 amide bonds. The highest BCUT2D eigenvalue weighted by atomic mass is 16.5. The number of carbonyl (C=O) groups is 1. The van der Waals surface area contributed by atoms with E-state index in [-0.39, 0.29) is 5.91 Å². The number of methoxy groups -OCH3 is 1. The summed E-state index contributed by atoms with van der Waals surface area (Å²) < 4.78 is 4.89. The zero-order valence-corrected chi connectivity index (χ0v) is 9.17. The Balaban J connectivity index is 3.57. The van der Waals surface area contributed by atoms with Gasteiger partial charge in [-0.15, -0.1) is 0 Å². The van der Waals surface area contributed by atoms with Crippen LogP contribution in [0.4, 0.5) is 0 Å². The van der Waals surface area contributed by atoms with Gasteiger partial charge in [0.05, 0.1) is 6.61 Å². The summed E-state index contributed by atoms with van der Waals surface area (Å²) in [5.74, 6) is 0.811. The van der Waals surface area contributed by atoms with Crippen LogP contribution in [0.5, 0.6) is 0 Å². The SMILES string of the molecule is COCCN(C)C(=O)CCC(C)C. The normalized spacial score (nSPS) is 10.5. The van der Waals surface area contributed by atoms with Crippen molar-refractivity contribution in [3.63, 3.8) is 0 Å². The van der Waals surface area contributed by atoms with Crippen molar-refractivity contribution in [1.82, 2.24) is 4.90 Å². The molecule has 0 saturated heterocycles. The van der Waals surface area contributed by atoms with E-state index in [1.165, 1.54) is 0 Å². The predicted octanol–water partition coefficient (Wildman–Crippen LogP) is 1.53. The maximum Gasteiger partial charge on any atom is 0.222 e. The quantitative estimate of drug-likeness (QED) is 0.631. The molecule has 0 N–H and O–H groups in total. The first-order chi connectivity index (χ1) is 6.07. The van der Waals surface area contributed by atoms with E-state index in [1.54, 1.807) is 12.0 Å². The molecule has 0 aromatic rings. The van der Waals surface area contributed by atoms with Crippen LogP contribution in [0.25, 0.3) is 0 Å². The Hall–Kier alpha value is -0.570. The molecule has 0 aliphatic heterocycles. The molecule has 78 valence electrons. The molecule has 0 unspecified atom stereocenters. The third-order valence-electron chi connectivity index (χ3n) is 1.99. The van der Waals surface area contributed by atoms with Crippen molar-refractivity contribution in [2.75, 3.05) is 27.3 Å². The van der Waals surface area contributed by atoms with Gasteiger partial charge in [0.2, 0.25) is 5.91 Å². The number of amides is 1. The standard InChI is InChI=1S/C10H21NO2/c1-9(2)5-6-10(12)11(3)7-8-13-4/h9H,5-8H2,1-4H3. The lowest BCUT2D eigenvalue weighted by molar-refractivity contribution is -0.130. The molecule has 3 heteroatoms. The Morgan fingerprint density at radius 1 is 1.46 bits per heavy atom. The fourth-order valence-electron chi connectivity index (χ4n) is 0.956.